The van der Waals surface area contributed by atoms with Crippen LogP contribution < -0.4 is 4.74 Å². The van der Waals surface area contributed by atoms with Gasteiger partial charge in [-0.2, -0.15) is 0 Å². The zero-order valence-electron chi connectivity index (χ0n) is 10.7. The van der Waals surface area contributed by atoms with Crippen LogP contribution in [0.4, 0.5) is 0 Å². The lowest BCUT2D eigenvalue weighted by atomic mass is 9.99. The van der Waals surface area contributed by atoms with E-state index in [9.17, 15) is 4.79 Å². The maximum absolute atomic E-state index is 10.8. The molecule has 1 aliphatic heterocycles. The Morgan fingerprint density at radius 2 is 2.18 bits per heavy atom. The quantitative estimate of drug-likeness (QED) is 0.858. The summed E-state index contributed by atoms with van der Waals surface area (Å²) in [7, 11) is 0. The second-order valence-electron chi connectivity index (χ2n) is 3.78. The average molecular weight is 236 g/mol. The van der Waals surface area contributed by atoms with E-state index >= 15 is 0 Å². The molecule has 3 nitrogen and oxygen atoms in total. The molecule has 1 aromatic rings. The molecule has 0 spiro atoms. The summed E-state index contributed by atoms with van der Waals surface area (Å²) in [5.41, 5.74) is 2.40. The summed E-state index contributed by atoms with van der Waals surface area (Å²) in [6.45, 7) is 6.10. The zero-order valence-corrected chi connectivity index (χ0v) is 10.7. The highest BCUT2D eigenvalue weighted by molar-refractivity contribution is 5.73. The highest BCUT2D eigenvalue weighted by Crippen LogP contribution is 2.28. The van der Waals surface area contributed by atoms with Crippen LogP contribution in [0.25, 0.3) is 0 Å². The van der Waals surface area contributed by atoms with Gasteiger partial charge in [0.15, 0.2) is 6.10 Å². The molecular formula is C14H20O3. The van der Waals surface area contributed by atoms with Crippen molar-refractivity contribution < 1.29 is 14.6 Å². The van der Waals surface area contributed by atoms with Crippen molar-refractivity contribution in [3.63, 3.8) is 0 Å². The van der Waals surface area contributed by atoms with Gasteiger partial charge < -0.3 is 9.84 Å². The van der Waals surface area contributed by atoms with Gasteiger partial charge in [-0.05, 0) is 36.5 Å². The molecule has 3 heteroatoms. The zero-order chi connectivity index (χ0) is 12.8. The normalized spacial score (nSPS) is 17.2. The van der Waals surface area contributed by atoms with Crippen LogP contribution >= 0.6 is 0 Å². The van der Waals surface area contributed by atoms with E-state index in [-0.39, 0.29) is 0 Å². The molecule has 0 saturated carbocycles. The van der Waals surface area contributed by atoms with Crippen LogP contribution in [0.5, 0.6) is 5.75 Å². The van der Waals surface area contributed by atoms with Crippen molar-refractivity contribution >= 4 is 5.97 Å². The number of carbonyl (C=O) groups is 1. The minimum absolute atomic E-state index is 0.565. The van der Waals surface area contributed by atoms with Gasteiger partial charge in [-0.3, -0.25) is 0 Å². The highest BCUT2D eigenvalue weighted by atomic mass is 16.5. The van der Waals surface area contributed by atoms with Gasteiger partial charge in [-0.15, -0.1) is 0 Å². The number of carboxylic acid groups (broad SMARTS) is 1. The maximum atomic E-state index is 10.8. The Balaban J connectivity index is 0.000000686. The van der Waals surface area contributed by atoms with Crippen molar-refractivity contribution in [1.29, 1.82) is 0 Å². The fourth-order valence-corrected chi connectivity index (χ4v) is 1.84. The largest absolute Gasteiger partial charge is 0.479 e. The summed E-state index contributed by atoms with van der Waals surface area (Å²) >= 11 is 0. The smallest absolute Gasteiger partial charge is 0.344 e. The third-order valence-electron chi connectivity index (χ3n) is 2.75. The van der Waals surface area contributed by atoms with E-state index in [1.165, 1.54) is 5.56 Å². The van der Waals surface area contributed by atoms with E-state index in [0.717, 1.165) is 24.2 Å². The first-order chi connectivity index (χ1) is 8.20. The summed E-state index contributed by atoms with van der Waals surface area (Å²) in [6, 6.07) is 5.97. The van der Waals surface area contributed by atoms with Crippen molar-refractivity contribution in [1.82, 2.24) is 0 Å². The molecule has 1 unspecified atom stereocenters. The SMILES string of the molecule is CC.CCc1ccc2c(c1)CCC(C(=O)O)O2. The van der Waals surface area contributed by atoms with Crippen molar-refractivity contribution in [3.8, 4) is 5.75 Å². The summed E-state index contributed by atoms with van der Waals surface area (Å²) in [5.74, 6) is -0.147. The lowest BCUT2D eigenvalue weighted by Crippen LogP contribution is -2.30. The van der Waals surface area contributed by atoms with E-state index in [1.54, 1.807) is 0 Å². The third-order valence-corrected chi connectivity index (χ3v) is 2.75. The molecule has 1 heterocycles. The van der Waals surface area contributed by atoms with Gasteiger partial charge >= 0.3 is 5.97 Å². The first-order valence-corrected chi connectivity index (χ1v) is 6.22. The van der Waals surface area contributed by atoms with E-state index in [0.29, 0.717) is 6.42 Å². The van der Waals surface area contributed by atoms with Crippen molar-refractivity contribution in [2.75, 3.05) is 0 Å². The molecule has 1 aromatic carbocycles. The number of ether oxygens (including phenoxy) is 1. The van der Waals surface area contributed by atoms with Gasteiger partial charge in [0.2, 0.25) is 0 Å². The molecule has 0 amide bonds. The average Bonchev–Trinajstić information content (AvgIpc) is 2.39. The molecule has 1 aliphatic rings. The number of aliphatic carboxylic acids is 1. The molecule has 0 aliphatic carbocycles. The Morgan fingerprint density at radius 3 is 2.76 bits per heavy atom. The molecule has 1 atom stereocenters. The molecule has 1 N–H and O–H groups in total. The van der Waals surface area contributed by atoms with Crippen molar-refractivity contribution in [2.45, 2.75) is 46.1 Å². The Morgan fingerprint density at radius 1 is 1.47 bits per heavy atom. The van der Waals surface area contributed by atoms with Crippen LogP contribution in [0, 0.1) is 0 Å². The predicted octanol–water partition coefficient (Wildman–Crippen LogP) is 3.05. The third kappa shape index (κ3) is 3.22. The molecule has 2 rings (SSSR count). The number of carboxylic acids is 1. The molecule has 0 aromatic heterocycles. The molecule has 94 valence electrons. The Labute approximate surface area is 102 Å². The number of aryl methyl sites for hydroxylation is 2. The molecule has 17 heavy (non-hydrogen) atoms. The van der Waals surface area contributed by atoms with Crippen LogP contribution in [0.1, 0.15) is 38.3 Å². The van der Waals surface area contributed by atoms with Gasteiger partial charge in [-0.25, -0.2) is 4.79 Å². The van der Waals surface area contributed by atoms with Gasteiger partial charge in [0.25, 0.3) is 0 Å². The fourth-order valence-electron chi connectivity index (χ4n) is 1.84. The van der Waals surface area contributed by atoms with Gasteiger partial charge in [0.05, 0.1) is 0 Å². The van der Waals surface area contributed by atoms with E-state index in [4.69, 9.17) is 9.84 Å². The lowest BCUT2D eigenvalue weighted by Gasteiger charge is -2.23. The van der Waals surface area contributed by atoms with Crippen LogP contribution in [0.2, 0.25) is 0 Å². The van der Waals surface area contributed by atoms with E-state index in [1.807, 2.05) is 26.0 Å². The number of fused-ring (bicyclic) bond motifs is 1. The molecule has 0 saturated heterocycles. The maximum Gasteiger partial charge on any atom is 0.344 e. The summed E-state index contributed by atoms with van der Waals surface area (Å²) in [6.07, 6.45) is 1.68. The summed E-state index contributed by atoms with van der Waals surface area (Å²) < 4.78 is 5.39. The number of hydrogen-bond donors (Lipinski definition) is 1. The molecular weight excluding hydrogens is 216 g/mol. The monoisotopic (exact) mass is 236 g/mol. The minimum Gasteiger partial charge on any atom is -0.479 e. The number of benzene rings is 1. The Hall–Kier alpha value is -1.51. The lowest BCUT2D eigenvalue weighted by molar-refractivity contribution is -0.145. The molecule has 0 radical (unpaired) electrons. The van der Waals surface area contributed by atoms with Gasteiger partial charge in [0, 0.05) is 0 Å². The first-order valence-electron chi connectivity index (χ1n) is 6.22. The van der Waals surface area contributed by atoms with Gasteiger partial charge in [0.1, 0.15) is 5.75 Å². The van der Waals surface area contributed by atoms with E-state index in [2.05, 4.69) is 13.0 Å². The van der Waals surface area contributed by atoms with Gasteiger partial charge in [-0.1, -0.05) is 32.9 Å². The van der Waals surface area contributed by atoms with Crippen molar-refractivity contribution in [3.05, 3.63) is 29.3 Å². The molecule has 0 bridgehead atoms. The summed E-state index contributed by atoms with van der Waals surface area (Å²) in [5, 5.41) is 8.84. The van der Waals surface area contributed by atoms with Crippen LogP contribution in [-0.4, -0.2) is 17.2 Å². The second-order valence-corrected chi connectivity index (χ2v) is 3.78. The van der Waals surface area contributed by atoms with Crippen LogP contribution in [0.15, 0.2) is 18.2 Å². The fraction of sp³-hybridized carbons (Fsp3) is 0.500. The second kappa shape index (κ2) is 6.28. The van der Waals surface area contributed by atoms with Crippen molar-refractivity contribution in [2.24, 2.45) is 0 Å². The minimum atomic E-state index is -0.875. The number of rotatable bonds is 2. The standard InChI is InChI=1S/C12H14O3.C2H6/c1-2-8-3-5-10-9(7-8)4-6-11(15-10)12(13)14;1-2/h3,5,7,11H,2,4,6H2,1H3,(H,13,14);1-2H3. The highest BCUT2D eigenvalue weighted by Gasteiger charge is 2.25. The van der Waals surface area contributed by atoms with Crippen LogP contribution in [0.3, 0.4) is 0 Å². The first kappa shape index (κ1) is 13.6. The molecule has 0 fully saturated rings. The predicted molar refractivity (Wildman–Crippen MR) is 67.5 cm³/mol. The number of hydrogen-bond acceptors (Lipinski definition) is 2. The Kier molecular flexibility index (Phi) is 5.01. The van der Waals surface area contributed by atoms with Crippen LogP contribution in [-0.2, 0) is 17.6 Å². The topological polar surface area (TPSA) is 46.5 Å². The van der Waals surface area contributed by atoms with E-state index < -0.39 is 12.1 Å². The Bertz CT molecular complexity index is 385. The summed E-state index contributed by atoms with van der Waals surface area (Å²) in [4.78, 5) is 10.8.